The highest BCUT2D eigenvalue weighted by Crippen LogP contribution is 2.33. The van der Waals surface area contributed by atoms with Gasteiger partial charge in [-0.3, -0.25) is 9.97 Å². The molecule has 0 spiro atoms. The molecule has 0 saturated carbocycles. The van der Waals surface area contributed by atoms with E-state index in [4.69, 9.17) is 8.53 Å². The van der Waals surface area contributed by atoms with Gasteiger partial charge in [-0.2, -0.15) is 4.57 Å². The smallest absolute Gasteiger partial charge is 0.339 e. The number of rotatable bonds is 0. The first-order chi connectivity index (χ1) is 11.1. The van der Waals surface area contributed by atoms with Gasteiger partial charge in [0.05, 0.1) is 27.7 Å². The molecule has 1 aliphatic heterocycles. The first-order valence-corrected chi connectivity index (χ1v) is 6.31. The number of fused-ring (bicyclic) bond motifs is 7. The van der Waals surface area contributed by atoms with Crippen molar-refractivity contribution in [3.05, 3.63) is 42.5 Å². The summed E-state index contributed by atoms with van der Waals surface area (Å²) >= 11 is 0. The zero-order chi connectivity index (χ0) is 15.8. The van der Waals surface area contributed by atoms with Crippen LogP contribution in [0.1, 0.15) is 9.81 Å². The quantitative estimate of drug-likeness (QED) is 0.403. The molecular formula is C15H11N4O+. The molecule has 4 aromatic heterocycles. The molecule has 0 atom stereocenters. The Kier molecular flexibility index (Phi) is 1.27. The van der Waals surface area contributed by atoms with Gasteiger partial charge in [-0.05, 0) is 12.1 Å². The predicted molar refractivity (Wildman–Crippen MR) is 73.0 cm³/mol. The summed E-state index contributed by atoms with van der Waals surface area (Å²) in [6, 6.07) is 5.45. The molecule has 0 fully saturated rings. The second kappa shape index (κ2) is 3.25. The van der Waals surface area contributed by atoms with Gasteiger partial charge in [0.25, 0.3) is 5.82 Å². The maximum atomic E-state index is 8.00. The van der Waals surface area contributed by atoms with Gasteiger partial charge in [0.15, 0.2) is 0 Å². The number of pyridine rings is 2. The summed E-state index contributed by atoms with van der Waals surface area (Å²) in [5.41, 5.74) is 3.39. The van der Waals surface area contributed by atoms with Gasteiger partial charge in [-0.15, -0.1) is 0 Å². The molecule has 5 nitrogen and oxygen atoms in total. The first kappa shape index (κ1) is 7.79. The van der Waals surface area contributed by atoms with E-state index in [2.05, 4.69) is 9.97 Å². The van der Waals surface area contributed by atoms with E-state index in [1.54, 1.807) is 24.7 Å². The molecule has 0 saturated heterocycles. The summed E-state index contributed by atoms with van der Waals surface area (Å²) in [5, 5.41) is 0.700. The normalized spacial score (nSPS) is 15.9. The van der Waals surface area contributed by atoms with Crippen LogP contribution in [0.3, 0.4) is 0 Å². The fourth-order valence-electron chi connectivity index (χ4n) is 2.97. The minimum atomic E-state index is -2.33. The molecule has 4 aromatic rings. The zero-order valence-corrected chi connectivity index (χ0v) is 10.4. The van der Waals surface area contributed by atoms with E-state index in [1.165, 1.54) is 4.57 Å². The van der Waals surface area contributed by atoms with E-state index in [0.717, 1.165) is 11.3 Å². The van der Waals surface area contributed by atoms with Crippen LogP contribution in [0.4, 0.5) is 0 Å². The highest BCUT2D eigenvalue weighted by molar-refractivity contribution is 6.01. The lowest BCUT2D eigenvalue weighted by Gasteiger charge is -1.94. The molecule has 1 aliphatic rings. The lowest BCUT2D eigenvalue weighted by atomic mass is 10.2. The van der Waals surface area contributed by atoms with Crippen molar-refractivity contribution < 1.29 is 13.1 Å². The average molecular weight is 266 g/mol. The van der Waals surface area contributed by atoms with Crippen LogP contribution >= 0.6 is 0 Å². The standard InChI is InChI=1S/C15H11N4O/c1-18-13-10-7-16-6-4-12(10)20-15(13)19-8-11-9(14(18)19)3-2-5-17-11/h2-7H,8H2,1H3/q+1/i1D3. The van der Waals surface area contributed by atoms with E-state index in [-0.39, 0.29) is 0 Å². The Bertz CT molecular complexity index is 1090. The molecule has 0 aliphatic carbocycles. The third-order valence-corrected chi connectivity index (χ3v) is 3.82. The third-order valence-electron chi connectivity index (χ3n) is 3.82. The van der Waals surface area contributed by atoms with Crippen molar-refractivity contribution in [3.8, 4) is 11.4 Å². The molecule has 5 heteroatoms. The minimum Gasteiger partial charge on any atom is -0.419 e. The fraction of sp³-hybridized carbons (Fsp3) is 0.133. The molecule has 0 bridgehead atoms. The summed E-state index contributed by atoms with van der Waals surface area (Å²) < 4.78 is 33.2. The van der Waals surface area contributed by atoms with Crippen molar-refractivity contribution in [2.75, 3.05) is 0 Å². The molecule has 5 rings (SSSR count). The Morgan fingerprint density at radius 3 is 3.35 bits per heavy atom. The van der Waals surface area contributed by atoms with Crippen LogP contribution in [0, 0.1) is 0 Å². The average Bonchev–Trinajstić information content (AvgIpc) is 3.13. The molecule has 20 heavy (non-hydrogen) atoms. The van der Waals surface area contributed by atoms with E-state index in [0.29, 0.717) is 34.6 Å². The van der Waals surface area contributed by atoms with Gasteiger partial charge >= 0.3 is 5.71 Å². The number of hydrogen-bond acceptors (Lipinski definition) is 3. The number of aromatic nitrogens is 4. The van der Waals surface area contributed by atoms with E-state index in [1.807, 2.05) is 16.7 Å². The van der Waals surface area contributed by atoms with Crippen LogP contribution < -0.4 is 4.57 Å². The highest BCUT2D eigenvalue weighted by atomic mass is 16.3. The van der Waals surface area contributed by atoms with Gasteiger partial charge in [0, 0.05) is 24.7 Å². The van der Waals surface area contributed by atoms with Gasteiger partial charge in [0.1, 0.15) is 12.1 Å². The Morgan fingerprint density at radius 2 is 2.40 bits per heavy atom. The largest absolute Gasteiger partial charge is 0.419 e. The van der Waals surface area contributed by atoms with Crippen molar-refractivity contribution in [1.29, 1.82) is 0 Å². The first-order valence-electron chi connectivity index (χ1n) is 7.81. The van der Waals surface area contributed by atoms with E-state index < -0.39 is 6.98 Å². The van der Waals surface area contributed by atoms with Crippen LogP contribution in [-0.4, -0.2) is 14.5 Å². The number of furan rings is 1. The van der Waals surface area contributed by atoms with Crippen LogP contribution in [0.2, 0.25) is 0 Å². The van der Waals surface area contributed by atoms with E-state index >= 15 is 0 Å². The van der Waals surface area contributed by atoms with Gasteiger partial charge in [-0.25, -0.2) is 4.57 Å². The summed E-state index contributed by atoms with van der Waals surface area (Å²) in [7, 11) is 0. The second-order valence-corrected chi connectivity index (χ2v) is 4.87. The summed E-state index contributed by atoms with van der Waals surface area (Å²) in [6.45, 7) is -1.83. The molecule has 96 valence electrons. The Morgan fingerprint density at radius 1 is 1.40 bits per heavy atom. The van der Waals surface area contributed by atoms with Crippen molar-refractivity contribution >= 4 is 22.2 Å². The topological polar surface area (TPSA) is 47.7 Å². The molecule has 0 amide bonds. The highest BCUT2D eigenvalue weighted by Gasteiger charge is 2.36. The fourth-order valence-corrected chi connectivity index (χ4v) is 2.97. The van der Waals surface area contributed by atoms with Gasteiger partial charge < -0.3 is 4.42 Å². The van der Waals surface area contributed by atoms with Crippen LogP contribution in [0.25, 0.3) is 33.6 Å². The summed E-state index contributed by atoms with van der Waals surface area (Å²) in [5.74, 6) is 0.604. The third kappa shape index (κ3) is 1.02. The molecule has 0 unspecified atom stereocenters. The second-order valence-electron chi connectivity index (χ2n) is 4.87. The van der Waals surface area contributed by atoms with Crippen molar-refractivity contribution in [3.63, 3.8) is 0 Å². The lowest BCUT2D eigenvalue weighted by molar-refractivity contribution is -0.652. The molecule has 0 aromatic carbocycles. The van der Waals surface area contributed by atoms with Gasteiger partial charge in [0.2, 0.25) is 5.52 Å². The number of aryl methyl sites for hydroxylation is 1. The summed E-state index contributed by atoms with van der Waals surface area (Å²) in [6.07, 6.45) is 4.99. The maximum absolute atomic E-state index is 8.00. The molecule has 0 radical (unpaired) electrons. The molecule has 0 N–H and O–H groups in total. The van der Waals surface area contributed by atoms with Gasteiger partial charge in [-0.1, -0.05) is 0 Å². The Balaban J connectivity index is 2.01. The van der Waals surface area contributed by atoms with Crippen LogP contribution in [-0.2, 0) is 13.5 Å². The Labute approximate surface area is 118 Å². The van der Waals surface area contributed by atoms with Crippen molar-refractivity contribution in [1.82, 2.24) is 14.5 Å². The lowest BCUT2D eigenvalue weighted by Crippen LogP contribution is -2.31. The van der Waals surface area contributed by atoms with Crippen LogP contribution in [0.15, 0.2) is 41.2 Å². The molecule has 5 heterocycles. The predicted octanol–water partition coefficient (Wildman–Crippen LogP) is 2.03. The minimum absolute atomic E-state index is 0.498. The van der Waals surface area contributed by atoms with Crippen molar-refractivity contribution in [2.45, 2.75) is 6.54 Å². The number of imidazole rings is 1. The Hall–Kier alpha value is -2.69. The summed E-state index contributed by atoms with van der Waals surface area (Å²) in [4.78, 5) is 8.47. The van der Waals surface area contributed by atoms with Crippen LogP contribution in [0.5, 0.6) is 0 Å². The number of nitrogens with zero attached hydrogens (tertiary/aromatic N) is 4. The maximum Gasteiger partial charge on any atom is 0.339 e. The van der Waals surface area contributed by atoms with E-state index in [9.17, 15) is 0 Å². The SMILES string of the molecule is [2H]C([2H])([2H])n1c2[n+](c3oc4ccncc4c31)Cc1ncccc1-2. The zero-order valence-electron chi connectivity index (χ0n) is 13.4. The number of hydrogen-bond donors (Lipinski definition) is 0. The molecular weight excluding hydrogens is 252 g/mol. The monoisotopic (exact) mass is 266 g/mol. The van der Waals surface area contributed by atoms with Crippen molar-refractivity contribution in [2.24, 2.45) is 6.98 Å².